The molecule has 8 heteroatoms. The van der Waals surface area contributed by atoms with Gasteiger partial charge in [-0.3, -0.25) is 0 Å². The van der Waals surface area contributed by atoms with E-state index in [4.69, 9.17) is 17.3 Å². The Morgan fingerprint density at radius 3 is 1.80 bits per heavy atom. The van der Waals surface area contributed by atoms with Gasteiger partial charge in [0, 0.05) is 5.02 Å². The summed E-state index contributed by atoms with van der Waals surface area (Å²) in [4.78, 5) is 0. The van der Waals surface area contributed by atoms with Crippen molar-refractivity contribution in [2.45, 2.75) is 32.2 Å². The Bertz CT molecular complexity index is 480. The average Bonchev–Trinajstić information content (AvgIpc) is 2.18. The van der Waals surface area contributed by atoms with Gasteiger partial charge in [-0.2, -0.15) is 26.3 Å². The summed E-state index contributed by atoms with van der Waals surface area (Å²) in [6.07, 6.45) is -10.9. The lowest BCUT2D eigenvalue weighted by Gasteiger charge is -2.29. The second-order valence-electron chi connectivity index (χ2n) is 4.54. The highest BCUT2D eigenvalue weighted by Crippen LogP contribution is 2.46. The molecule has 0 radical (unpaired) electrons. The van der Waals surface area contributed by atoms with E-state index in [2.05, 4.69) is 0 Å². The van der Waals surface area contributed by atoms with Crippen LogP contribution in [0.4, 0.5) is 26.3 Å². The molecule has 1 unspecified atom stereocenters. The summed E-state index contributed by atoms with van der Waals surface area (Å²) in [5.74, 6) is -3.62. The smallest absolute Gasteiger partial charge is 0.323 e. The van der Waals surface area contributed by atoms with E-state index in [9.17, 15) is 26.3 Å². The number of hydrogen-bond acceptors (Lipinski definition) is 1. The van der Waals surface area contributed by atoms with Crippen LogP contribution in [0.2, 0.25) is 5.02 Å². The molecule has 1 aromatic carbocycles. The highest BCUT2D eigenvalue weighted by Gasteiger charge is 2.59. The fraction of sp³-hybridized carbons (Fsp3) is 0.500. The SMILES string of the molecule is Cc1cc(C(N)C(C(F)(F)F)C(F)(F)F)c(C)cc1Cl. The molecular formula is C12H12ClF6N. The van der Waals surface area contributed by atoms with Crippen molar-refractivity contribution in [1.82, 2.24) is 0 Å². The first-order valence-corrected chi connectivity index (χ1v) is 5.89. The van der Waals surface area contributed by atoms with Crippen molar-refractivity contribution in [3.8, 4) is 0 Å². The Balaban J connectivity index is 3.34. The molecule has 0 aliphatic rings. The summed E-state index contributed by atoms with van der Waals surface area (Å²) in [6, 6.07) is 0.230. The van der Waals surface area contributed by atoms with Gasteiger partial charge in [0.2, 0.25) is 0 Å². The second kappa shape index (κ2) is 5.44. The summed E-state index contributed by atoms with van der Waals surface area (Å²) < 4.78 is 75.8. The normalized spacial score (nSPS) is 14.8. The molecule has 0 aliphatic heterocycles. The third-order valence-corrected chi connectivity index (χ3v) is 3.38. The Hall–Kier alpha value is -0.950. The third-order valence-electron chi connectivity index (χ3n) is 2.97. The Labute approximate surface area is 116 Å². The largest absolute Gasteiger partial charge is 0.402 e. The number of hydrogen-bond donors (Lipinski definition) is 1. The lowest BCUT2D eigenvalue weighted by atomic mass is 9.89. The van der Waals surface area contributed by atoms with Gasteiger partial charge in [0.1, 0.15) is 0 Å². The number of alkyl halides is 6. The van der Waals surface area contributed by atoms with E-state index in [0.717, 1.165) is 6.07 Å². The first-order valence-electron chi connectivity index (χ1n) is 5.51. The van der Waals surface area contributed by atoms with Gasteiger partial charge < -0.3 is 5.73 Å². The molecule has 0 bridgehead atoms. The first kappa shape index (κ1) is 17.1. The van der Waals surface area contributed by atoms with Gasteiger partial charge in [-0.05, 0) is 36.6 Å². The fourth-order valence-electron chi connectivity index (χ4n) is 1.93. The molecule has 2 N–H and O–H groups in total. The van der Waals surface area contributed by atoms with E-state index < -0.39 is 24.3 Å². The van der Waals surface area contributed by atoms with Crippen molar-refractivity contribution in [2.24, 2.45) is 11.7 Å². The van der Waals surface area contributed by atoms with Crippen LogP contribution in [0, 0.1) is 19.8 Å². The first-order chi connectivity index (χ1) is 8.85. The molecule has 0 saturated heterocycles. The molecule has 0 amide bonds. The van der Waals surface area contributed by atoms with E-state index in [1.165, 1.54) is 19.9 Å². The maximum absolute atomic E-state index is 12.6. The van der Waals surface area contributed by atoms with Crippen molar-refractivity contribution in [1.29, 1.82) is 0 Å². The van der Waals surface area contributed by atoms with Crippen LogP contribution in [0.5, 0.6) is 0 Å². The molecule has 0 spiro atoms. The van der Waals surface area contributed by atoms with Crippen LogP contribution < -0.4 is 5.73 Å². The fourth-order valence-corrected chi connectivity index (χ4v) is 2.15. The number of halogens is 7. The summed E-state index contributed by atoms with van der Waals surface area (Å²) in [5, 5.41) is 0.258. The van der Waals surface area contributed by atoms with Crippen LogP contribution in [0.15, 0.2) is 12.1 Å². The van der Waals surface area contributed by atoms with Crippen LogP contribution in [-0.4, -0.2) is 12.4 Å². The van der Waals surface area contributed by atoms with Crippen LogP contribution >= 0.6 is 11.6 Å². The number of aryl methyl sites for hydroxylation is 2. The molecule has 114 valence electrons. The molecule has 0 aliphatic carbocycles. The Kier molecular flexibility index (Phi) is 4.65. The minimum Gasteiger partial charge on any atom is -0.323 e. The minimum absolute atomic E-state index is 0.187. The van der Waals surface area contributed by atoms with Crippen LogP contribution in [0.25, 0.3) is 0 Å². The number of rotatable bonds is 2. The molecule has 1 aromatic rings. The van der Waals surface area contributed by atoms with Crippen molar-refractivity contribution in [3.63, 3.8) is 0 Å². The maximum Gasteiger partial charge on any atom is 0.402 e. The number of benzene rings is 1. The van der Waals surface area contributed by atoms with E-state index in [1.807, 2.05) is 0 Å². The Morgan fingerprint density at radius 2 is 1.40 bits per heavy atom. The van der Waals surface area contributed by atoms with Crippen LogP contribution in [0.1, 0.15) is 22.7 Å². The van der Waals surface area contributed by atoms with E-state index in [0.29, 0.717) is 5.56 Å². The van der Waals surface area contributed by atoms with Crippen molar-refractivity contribution in [3.05, 3.63) is 33.8 Å². The number of nitrogens with two attached hydrogens (primary N) is 1. The average molecular weight is 320 g/mol. The molecular weight excluding hydrogens is 308 g/mol. The highest BCUT2D eigenvalue weighted by molar-refractivity contribution is 6.31. The van der Waals surface area contributed by atoms with Gasteiger partial charge in [0.05, 0.1) is 6.04 Å². The van der Waals surface area contributed by atoms with Crippen molar-refractivity contribution in [2.75, 3.05) is 0 Å². The van der Waals surface area contributed by atoms with Gasteiger partial charge in [0.15, 0.2) is 5.92 Å². The van der Waals surface area contributed by atoms with E-state index in [-0.39, 0.29) is 16.1 Å². The monoisotopic (exact) mass is 319 g/mol. The standard InChI is InChI=1S/C12H12ClF6N/c1-5-4-8(13)6(2)3-7(5)9(20)10(11(14,15)16)12(17,18)19/h3-4,9-10H,20H2,1-2H3. The van der Waals surface area contributed by atoms with Gasteiger partial charge >= 0.3 is 12.4 Å². The predicted octanol–water partition coefficient (Wildman–Crippen LogP) is 4.70. The van der Waals surface area contributed by atoms with Crippen LogP contribution in [-0.2, 0) is 0 Å². The zero-order chi connectivity index (χ0) is 15.9. The summed E-state index contributed by atoms with van der Waals surface area (Å²) >= 11 is 5.76. The summed E-state index contributed by atoms with van der Waals surface area (Å²) in [6.45, 7) is 2.85. The van der Waals surface area contributed by atoms with Gasteiger partial charge in [-0.25, -0.2) is 0 Å². The molecule has 1 rings (SSSR count). The molecule has 1 atom stereocenters. The molecule has 0 fully saturated rings. The highest BCUT2D eigenvalue weighted by atomic mass is 35.5. The van der Waals surface area contributed by atoms with Crippen LogP contribution in [0.3, 0.4) is 0 Å². The quantitative estimate of drug-likeness (QED) is 0.786. The lowest BCUT2D eigenvalue weighted by molar-refractivity contribution is -0.290. The predicted molar refractivity (Wildman–Crippen MR) is 63.5 cm³/mol. The molecule has 0 heterocycles. The molecule has 20 heavy (non-hydrogen) atoms. The topological polar surface area (TPSA) is 26.0 Å². The zero-order valence-corrected chi connectivity index (χ0v) is 11.3. The Morgan fingerprint density at radius 1 is 0.950 bits per heavy atom. The zero-order valence-electron chi connectivity index (χ0n) is 10.5. The molecule has 0 aromatic heterocycles. The van der Waals surface area contributed by atoms with Gasteiger partial charge in [0.25, 0.3) is 0 Å². The van der Waals surface area contributed by atoms with Crippen molar-refractivity contribution < 1.29 is 26.3 Å². The summed E-state index contributed by atoms with van der Waals surface area (Å²) in [5.41, 5.74) is 5.59. The van der Waals surface area contributed by atoms with Crippen molar-refractivity contribution >= 4 is 11.6 Å². The lowest BCUT2D eigenvalue weighted by Crippen LogP contribution is -2.44. The third kappa shape index (κ3) is 3.58. The van der Waals surface area contributed by atoms with Gasteiger partial charge in [-0.15, -0.1) is 0 Å². The minimum atomic E-state index is -5.47. The second-order valence-corrected chi connectivity index (χ2v) is 4.95. The summed E-state index contributed by atoms with van der Waals surface area (Å²) in [7, 11) is 0. The van der Waals surface area contributed by atoms with E-state index >= 15 is 0 Å². The maximum atomic E-state index is 12.6. The molecule has 0 saturated carbocycles. The van der Waals surface area contributed by atoms with Gasteiger partial charge in [-0.1, -0.05) is 17.7 Å². The van der Waals surface area contributed by atoms with E-state index in [1.54, 1.807) is 0 Å². The molecule has 1 nitrogen and oxygen atoms in total.